The summed E-state index contributed by atoms with van der Waals surface area (Å²) >= 11 is 0. The number of aryl methyl sites for hydroxylation is 1. The van der Waals surface area contributed by atoms with E-state index in [4.69, 9.17) is 0 Å². The lowest BCUT2D eigenvalue weighted by molar-refractivity contribution is 0.411. The van der Waals surface area contributed by atoms with Gasteiger partial charge in [-0.3, -0.25) is 4.68 Å². The van der Waals surface area contributed by atoms with Crippen LogP contribution in [0.25, 0.3) is 0 Å². The fourth-order valence-electron chi connectivity index (χ4n) is 3.02. The highest BCUT2D eigenvalue weighted by atomic mass is 15.3. The minimum atomic E-state index is 0.373. The molecule has 1 aliphatic carbocycles. The third kappa shape index (κ3) is 2.43. The van der Waals surface area contributed by atoms with Crippen LogP contribution in [0.5, 0.6) is 0 Å². The molecule has 19 heavy (non-hydrogen) atoms. The van der Waals surface area contributed by atoms with Crippen molar-refractivity contribution in [2.24, 2.45) is 7.05 Å². The highest BCUT2D eigenvalue weighted by molar-refractivity contribution is 5.26. The van der Waals surface area contributed by atoms with Gasteiger partial charge in [0.2, 0.25) is 0 Å². The summed E-state index contributed by atoms with van der Waals surface area (Å²) in [6.07, 6.45) is 5.63. The Hall–Kier alpha value is -1.61. The van der Waals surface area contributed by atoms with Crippen LogP contribution in [0.3, 0.4) is 0 Å². The average molecular weight is 255 g/mol. The highest BCUT2D eigenvalue weighted by Crippen LogP contribution is 2.31. The molecule has 3 heteroatoms. The molecule has 1 aromatic carbocycles. The number of nitrogens with one attached hydrogen (secondary N) is 1. The van der Waals surface area contributed by atoms with Crippen molar-refractivity contribution < 1.29 is 0 Å². The van der Waals surface area contributed by atoms with Gasteiger partial charge in [0.1, 0.15) is 0 Å². The summed E-state index contributed by atoms with van der Waals surface area (Å²) in [6, 6.07) is 11.4. The summed E-state index contributed by atoms with van der Waals surface area (Å²) < 4.78 is 2.02. The molecule has 0 spiro atoms. The smallest absolute Gasteiger partial charge is 0.0540 e. The van der Waals surface area contributed by atoms with Gasteiger partial charge in [0, 0.05) is 30.4 Å². The molecule has 0 saturated carbocycles. The first kappa shape index (κ1) is 12.4. The highest BCUT2D eigenvalue weighted by Gasteiger charge is 2.24. The fourth-order valence-corrected chi connectivity index (χ4v) is 3.02. The van der Waals surface area contributed by atoms with Gasteiger partial charge in [-0.15, -0.1) is 0 Å². The van der Waals surface area contributed by atoms with Crippen molar-refractivity contribution >= 4 is 0 Å². The van der Waals surface area contributed by atoms with Crippen LogP contribution in [0.1, 0.15) is 48.7 Å². The minimum Gasteiger partial charge on any atom is -0.303 e. The van der Waals surface area contributed by atoms with Crippen LogP contribution in [-0.4, -0.2) is 9.78 Å². The largest absolute Gasteiger partial charge is 0.303 e. The molecule has 3 nitrogen and oxygen atoms in total. The Morgan fingerprint density at radius 1 is 1.32 bits per heavy atom. The van der Waals surface area contributed by atoms with Gasteiger partial charge in [-0.05, 0) is 31.7 Å². The molecular formula is C16H21N3. The van der Waals surface area contributed by atoms with E-state index in [1.807, 2.05) is 17.9 Å². The maximum atomic E-state index is 4.41. The molecule has 1 aromatic heterocycles. The predicted octanol–water partition coefficient (Wildman–Crippen LogP) is 3.15. The van der Waals surface area contributed by atoms with E-state index in [1.54, 1.807) is 0 Å². The Morgan fingerprint density at radius 2 is 2.11 bits per heavy atom. The Bertz CT molecular complexity index is 544. The van der Waals surface area contributed by atoms with E-state index < -0.39 is 0 Å². The summed E-state index contributed by atoms with van der Waals surface area (Å²) in [5, 5.41) is 8.16. The molecule has 0 radical (unpaired) electrons. The Balaban J connectivity index is 1.78. The van der Waals surface area contributed by atoms with Crippen molar-refractivity contribution in [1.82, 2.24) is 15.1 Å². The summed E-state index contributed by atoms with van der Waals surface area (Å²) in [4.78, 5) is 0. The zero-order valence-electron chi connectivity index (χ0n) is 11.6. The lowest BCUT2D eigenvalue weighted by atomic mass is 9.92. The number of aromatic nitrogens is 2. The molecule has 1 aliphatic rings. The van der Waals surface area contributed by atoms with E-state index >= 15 is 0 Å². The molecule has 0 fully saturated rings. The SMILES string of the molecule is C[C@@H](NC1CCCc2c1cnn2C)c1ccccc1. The van der Waals surface area contributed by atoms with Gasteiger partial charge in [0.15, 0.2) is 0 Å². The van der Waals surface area contributed by atoms with Crippen LogP contribution in [0, 0.1) is 0 Å². The number of hydrogen-bond donors (Lipinski definition) is 1. The van der Waals surface area contributed by atoms with Crippen molar-refractivity contribution in [2.75, 3.05) is 0 Å². The van der Waals surface area contributed by atoms with Crippen LogP contribution in [0.2, 0.25) is 0 Å². The second kappa shape index (κ2) is 5.17. The first-order chi connectivity index (χ1) is 9.25. The first-order valence-corrected chi connectivity index (χ1v) is 7.07. The topological polar surface area (TPSA) is 29.9 Å². The molecule has 0 amide bonds. The van der Waals surface area contributed by atoms with Gasteiger partial charge in [-0.1, -0.05) is 30.3 Å². The molecule has 2 atom stereocenters. The normalized spacial score (nSPS) is 20.0. The molecule has 0 aliphatic heterocycles. The van der Waals surface area contributed by atoms with Crippen molar-refractivity contribution in [2.45, 2.75) is 38.3 Å². The van der Waals surface area contributed by atoms with E-state index in [2.05, 4.69) is 47.7 Å². The summed E-state index contributed by atoms with van der Waals surface area (Å²) in [5.41, 5.74) is 4.12. The van der Waals surface area contributed by atoms with Gasteiger partial charge in [-0.2, -0.15) is 5.10 Å². The van der Waals surface area contributed by atoms with E-state index in [0.29, 0.717) is 12.1 Å². The monoisotopic (exact) mass is 255 g/mol. The van der Waals surface area contributed by atoms with Gasteiger partial charge in [0.05, 0.1) is 6.20 Å². The molecule has 100 valence electrons. The number of rotatable bonds is 3. The van der Waals surface area contributed by atoms with Gasteiger partial charge in [-0.25, -0.2) is 0 Å². The minimum absolute atomic E-state index is 0.373. The van der Waals surface area contributed by atoms with Crippen molar-refractivity contribution in [3.05, 3.63) is 53.3 Å². The van der Waals surface area contributed by atoms with Crippen LogP contribution >= 0.6 is 0 Å². The third-order valence-corrected chi connectivity index (χ3v) is 4.13. The van der Waals surface area contributed by atoms with E-state index in [1.165, 1.54) is 29.7 Å². The molecule has 0 saturated heterocycles. The molecule has 1 heterocycles. The molecule has 3 rings (SSSR count). The van der Waals surface area contributed by atoms with Crippen LogP contribution in [-0.2, 0) is 13.5 Å². The van der Waals surface area contributed by atoms with E-state index in [0.717, 1.165) is 6.42 Å². The zero-order chi connectivity index (χ0) is 13.2. The number of fused-ring (bicyclic) bond motifs is 1. The second-order valence-electron chi connectivity index (χ2n) is 5.41. The second-order valence-corrected chi connectivity index (χ2v) is 5.41. The Kier molecular flexibility index (Phi) is 3.38. The van der Waals surface area contributed by atoms with Gasteiger partial charge < -0.3 is 5.32 Å². The van der Waals surface area contributed by atoms with E-state index in [-0.39, 0.29) is 0 Å². The zero-order valence-corrected chi connectivity index (χ0v) is 11.6. The van der Waals surface area contributed by atoms with Crippen molar-refractivity contribution in [3.8, 4) is 0 Å². The van der Waals surface area contributed by atoms with Gasteiger partial charge in [0.25, 0.3) is 0 Å². The Morgan fingerprint density at radius 3 is 2.89 bits per heavy atom. The first-order valence-electron chi connectivity index (χ1n) is 7.07. The average Bonchev–Trinajstić information content (AvgIpc) is 2.83. The number of hydrogen-bond acceptors (Lipinski definition) is 2. The molecule has 1 N–H and O–H groups in total. The predicted molar refractivity (Wildman–Crippen MR) is 76.9 cm³/mol. The Labute approximate surface area is 114 Å². The molecule has 1 unspecified atom stereocenters. The molecule has 0 bridgehead atoms. The standard InChI is InChI=1S/C16H21N3/c1-12(13-7-4-3-5-8-13)18-15-9-6-10-16-14(15)11-17-19(16)2/h3-5,7-8,11-12,15,18H,6,9-10H2,1-2H3/t12-,15?/m1/s1. The van der Waals surface area contributed by atoms with Crippen molar-refractivity contribution in [3.63, 3.8) is 0 Å². The summed E-state index contributed by atoms with van der Waals surface area (Å²) in [7, 11) is 2.04. The molecule has 2 aromatic rings. The lowest BCUT2D eigenvalue weighted by Crippen LogP contribution is -2.27. The third-order valence-electron chi connectivity index (χ3n) is 4.13. The lowest BCUT2D eigenvalue weighted by Gasteiger charge is -2.27. The summed E-state index contributed by atoms with van der Waals surface area (Å²) in [6.45, 7) is 2.24. The van der Waals surface area contributed by atoms with Crippen LogP contribution in [0.15, 0.2) is 36.5 Å². The fraction of sp³-hybridized carbons (Fsp3) is 0.438. The molecular weight excluding hydrogens is 234 g/mol. The summed E-state index contributed by atoms with van der Waals surface area (Å²) in [5.74, 6) is 0. The maximum Gasteiger partial charge on any atom is 0.0540 e. The van der Waals surface area contributed by atoms with Gasteiger partial charge >= 0.3 is 0 Å². The quantitative estimate of drug-likeness (QED) is 0.913. The van der Waals surface area contributed by atoms with Crippen molar-refractivity contribution in [1.29, 1.82) is 0 Å². The van der Waals surface area contributed by atoms with E-state index in [9.17, 15) is 0 Å². The maximum absolute atomic E-state index is 4.41. The number of benzene rings is 1. The van der Waals surface area contributed by atoms with Crippen LogP contribution < -0.4 is 5.32 Å². The van der Waals surface area contributed by atoms with Crippen LogP contribution in [0.4, 0.5) is 0 Å². The number of nitrogens with zero attached hydrogens (tertiary/aromatic N) is 2.